The zero-order valence-corrected chi connectivity index (χ0v) is 11.4. The van der Waals surface area contributed by atoms with Gasteiger partial charge in [-0.2, -0.15) is 0 Å². The monoisotopic (exact) mass is 259 g/mol. The lowest BCUT2D eigenvalue weighted by Gasteiger charge is -2.21. The molecule has 0 amide bonds. The van der Waals surface area contributed by atoms with Crippen LogP contribution in [0.15, 0.2) is 36.4 Å². The van der Waals surface area contributed by atoms with Gasteiger partial charge < -0.3 is 15.5 Å². The molecule has 2 aromatic rings. The largest absolute Gasteiger partial charge is 0.390 e. The van der Waals surface area contributed by atoms with Crippen LogP contribution in [-0.2, 0) is 0 Å². The number of hydrogen-bond acceptors (Lipinski definition) is 3. The Morgan fingerprint density at radius 1 is 1.11 bits per heavy atom. The molecule has 0 spiro atoms. The van der Waals surface area contributed by atoms with E-state index in [-0.39, 0.29) is 0 Å². The minimum Gasteiger partial charge on any atom is -0.390 e. The molecule has 0 aliphatic carbocycles. The Labute approximate surface area is 113 Å². The number of benzene rings is 2. The third-order valence-electron chi connectivity index (χ3n) is 3.54. The number of rotatable bonds is 5. The van der Waals surface area contributed by atoms with Gasteiger partial charge in [-0.25, -0.2) is 0 Å². The third-order valence-corrected chi connectivity index (χ3v) is 3.54. The Morgan fingerprint density at radius 3 is 2.58 bits per heavy atom. The van der Waals surface area contributed by atoms with Crippen LogP contribution in [0.5, 0.6) is 0 Å². The maximum atomic E-state index is 10.4. The molecule has 2 rings (SSSR count). The second kappa shape index (κ2) is 6.15. The number of fused-ring (bicyclic) bond motifs is 1. The summed E-state index contributed by atoms with van der Waals surface area (Å²) in [4.78, 5) is 0. The highest BCUT2D eigenvalue weighted by Gasteiger charge is 2.21. The van der Waals surface area contributed by atoms with E-state index < -0.39 is 12.2 Å². The molecule has 0 radical (unpaired) electrons. The highest BCUT2D eigenvalue weighted by atomic mass is 16.3. The van der Waals surface area contributed by atoms with Crippen molar-refractivity contribution >= 4 is 10.8 Å². The number of hydrogen-bond donors (Lipinski definition) is 3. The molecule has 3 heteroatoms. The van der Waals surface area contributed by atoms with Crippen molar-refractivity contribution in [3.8, 4) is 0 Å². The Bertz CT molecular complexity index is 553. The fourth-order valence-electron chi connectivity index (χ4n) is 2.44. The summed E-state index contributed by atoms with van der Waals surface area (Å²) >= 11 is 0. The lowest BCUT2D eigenvalue weighted by molar-refractivity contribution is 0.0145. The molecule has 0 aliphatic rings. The average Bonchev–Trinajstić information content (AvgIpc) is 2.44. The summed E-state index contributed by atoms with van der Waals surface area (Å²) in [5.41, 5.74) is 1.84. The number of aliphatic hydroxyl groups is 2. The molecular weight excluding hydrogens is 238 g/mol. The van der Waals surface area contributed by atoms with Gasteiger partial charge in [0, 0.05) is 0 Å². The molecule has 0 heterocycles. The molecule has 0 bridgehead atoms. The first kappa shape index (κ1) is 14.0. The summed E-state index contributed by atoms with van der Waals surface area (Å²) in [5.74, 6) is 0. The van der Waals surface area contributed by atoms with Gasteiger partial charge in [0.2, 0.25) is 0 Å². The van der Waals surface area contributed by atoms with E-state index in [0.717, 1.165) is 21.9 Å². The van der Waals surface area contributed by atoms with Crippen molar-refractivity contribution < 1.29 is 10.2 Å². The molecule has 0 saturated heterocycles. The van der Waals surface area contributed by atoms with Gasteiger partial charge in [-0.3, -0.25) is 0 Å². The maximum Gasteiger partial charge on any atom is 0.106 e. The van der Waals surface area contributed by atoms with Gasteiger partial charge in [-0.05, 0) is 48.8 Å². The molecule has 3 nitrogen and oxygen atoms in total. The number of aliphatic hydroxyl groups excluding tert-OH is 2. The Balaban J connectivity index is 2.40. The lowest BCUT2D eigenvalue weighted by atomic mass is 9.92. The van der Waals surface area contributed by atoms with Gasteiger partial charge in [-0.15, -0.1) is 0 Å². The summed E-state index contributed by atoms with van der Waals surface area (Å²) < 4.78 is 0. The second-order valence-corrected chi connectivity index (χ2v) is 4.92. The van der Waals surface area contributed by atoms with Crippen LogP contribution in [0.25, 0.3) is 10.8 Å². The van der Waals surface area contributed by atoms with Crippen molar-refractivity contribution in [1.82, 2.24) is 5.32 Å². The van der Waals surface area contributed by atoms with Gasteiger partial charge in [0.15, 0.2) is 0 Å². The number of aryl methyl sites for hydroxylation is 1. The van der Waals surface area contributed by atoms with E-state index in [1.54, 1.807) is 0 Å². The van der Waals surface area contributed by atoms with E-state index in [1.807, 2.05) is 50.4 Å². The van der Waals surface area contributed by atoms with E-state index in [2.05, 4.69) is 5.32 Å². The Morgan fingerprint density at radius 2 is 1.84 bits per heavy atom. The minimum absolute atomic E-state index is 0.528. The molecule has 0 fully saturated rings. The first-order valence-corrected chi connectivity index (χ1v) is 6.64. The Kier molecular flexibility index (Phi) is 4.53. The molecule has 3 N–H and O–H groups in total. The molecule has 19 heavy (non-hydrogen) atoms. The zero-order valence-electron chi connectivity index (χ0n) is 11.4. The van der Waals surface area contributed by atoms with Crippen LogP contribution in [0.4, 0.5) is 0 Å². The summed E-state index contributed by atoms with van der Waals surface area (Å²) in [6.45, 7) is 2.65. The second-order valence-electron chi connectivity index (χ2n) is 4.92. The van der Waals surface area contributed by atoms with Crippen LogP contribution < -0.4 is 5.32 Å². The van der Waals surface area contributed by atoms with Crippen molar-refractivity contribution in [1.29, 1.82) is 0 Å². The van der Waals surface area contributed by atoms with Crippen LogP contribution in [0, 0.1) is 6.92 Å². The molecule has 0 aromatic heterocycles. The Hall–Kier alpha value is -1.42. The van der Waals surface area contributed by atoms with Crippen LogP contribution in [0.1, 0.15) is 23.7 Å². The highest BCUT2D eigenvalue weighted by Crippen LogP contribution is 2.30. The summed E-state index contributed by atoms with van der Waals surface area (Å²) in [5, 5.41) is 25.6. The fraction of sp³-hybridized carbons (Fsp3) is 0.375. The van der Waals surface area contributed by atoms with Crippen LogP contribution in [-0.4, -0.2) is 29.9 Å². The van der Waals surface area contributed by atoms with E-state index >= 15 is 0 Å². The molecular formula is C16H21NO2. The summed E-state index contributed by atoms with van der Waals surface area (Å²) in [6, 6.07) is 12.0. The topological polar surface area (TPSA) is 52.5 Å². The van der Waals surface area contributed by atoms with E-state index in [1.165, 1.54) is 0 Å². The fourth-order valence-corrected chi connectivity index (χ4v) is 2.44. The van der Waals surface area contributed by atoms with Gasteiger partial charge in [0.25, 0.3) is 0 Å². The summed E-state index contributed by atoms with van der Waals surface area (Å²) in [6.07, 6.45) is -1.07. The van der Waals surface area contributed by atoms with Gasteiger partial charge >= 0.3 is 0 Å². The zero-order chi connectivity index (χ0) is 13.8. The standard InChI is InChI=1S/C16H21NO2/c1-11-7-8-12-5-3-4-6-13(12)15(11)16(19)14(18)9-10-17-2/h3-8,14,16-19H,9-10H2,1-2H3. The molecule has 2 atom stereocenters. The smallest absolute Gasteiger partial charge is 0.106 e. The van der Waals surface area contributed by atoms with E-state index in [4.69, 9.17) is 0 Å². The van der Waals surface area contributed by atoms with Gasteiger partial charge in [0.1, 0.15) is 6.10 Å². The quantitative estimate of drug-likeness (QED) is 0.771. The molecule has 2 unspecified atom stereocenters. The first-order chi connectivity index (χ1) is 9.15. The van der Waals surface area contributed by atoms with Gasteiger partial charge in [-0.1, -0.05) is 36.4 Å². The average molecular weight is 259 g/mol. The van der Waals surface area contributed by atoms with Crippen molar-refractivity contribution in [3.63, 3.8) is 0 Å². The molecule has 0 aliphatic heterocycles. The van der Waals surface area contributed by atoms with Crippen molar-refractivity contribution in [2.24, 2.45) is 0 Å². The summed E-state index contributed by atoms with van der Waals surface area (Å²) in [7, 11) is 1.84. The van der Waals surface area contributed by atoms with Crippen LogP contribution >= 0.6 is 0 Å². The predicted molar refractivity (Wildman–Crippen MR) is 78.2 cm³/mol. The first-order valence-electron chi connectivity index (χ1n) is 6.64. The van der Waals surface area contributed by atoms with Crippen molar-refractivity contribution in [3.05, 3.63) is 47.5 Å². The minimum atomic E-state index is -0.848. The van der Waals surface area contributed by atoms with E-state index in [9.17, 15) is 10.2 Å². The highest BCUT2D eigenvalue weighted by molar-refractivity contribution is 5.87. The van der Waals surface area contributed by atoms with Crippen LogP contribution in [0.3, 0.4) is 0 Å². The van der Waals surface area contributed by atoms with Crippen LogP contribution in [0.2, 0.25) is 0 Å². The maximum absolute atomic E-state index is 10.4. The lowest BCUT2D eigenvalue weighted by Crippen LogP contribution is -2.24. The number of nitrogens with one attached hydrogen (secondary N) is 1. The van der Waals surface area contributed by atoms with Gasteiger partial charge in [0.05, 0.1) is 6.10 Å². The predicted octanol–water partition coefficient (Wildman–Crippen LogP) is 2.15. The SMILES string of the molecule is CNCCC(O)C(O)c1c(C)ccc2ccccc12. The molecule has 102 valence electrons. The van der Waals surface area contributed by atoms with Crippen molar-refractivity contribution in [2.45, 2.75) is 25.6 Å². The van der Waals surface area contributed by atoms with Crippen molar-refractivity contribution in [2.75, 3.05) is 13.6 Å². The van der Waals surface area contributed by atoms with E-state index in [0.29, 0.717) is 13.0 Å². The molecule has 0 saturated carbocycles. The molecule has 2 aromatic carbocycles. The third kappa shape index (κ3) is 2.95. The normalized spacial score (nSPS) is 14.5.